The average molecular weight is 569 g/mol. The molecule has 3 fully saturated rings. The second kappa shape index (κ2) is 14.2. The number of nitrogens with two attached hydrogens (primary N) is 5. The van der Waals surface area contributed by atoms with Crippen molar-refractivity contribution in [2.75, 3.05) is 19.7 Å². The Bertz CT molecular complexity index is 787. The molecule has 0 aromatic carbocycles. The second-order valence-corrected chi connectivity index (χ2v) is 10.3. The van der Waals surface area contributed by atoms with Gasteiger partial charge in [-0.3, -0.25) is 4.79 Å². The van der Waals surface area contributed by atoms with Crippen LogP contribution in [0.4, 0.5) is 0 Å². The van der Waals surface area contributed by atoms with E-state index in [4.69, 9.17) is 47.6 Å². The van der Waals surface area contributed by atoms with E-state index < -0.39 is 98.1 Å². The van der Waals surface area contributed by atoms with Crippen LogP contribution in [0.3, 0.4) is 0 Å². The summed E-state index contributed by atoms with van der Waals surface area (Å²) in [6.07, 6.45) is -14.1. The van der Waals surface area contributed by atoms with Gasteiger partial charge in [-0.15, -0.1) is 0 Å². The molecule has 3 rings (SSSR count). The molecule has 1 aliphatic carbocycles. The van der Waals surface area contributed by atoms with Crippen molar-refractivity contribution in [3.8, 4) is 0 Å². The zero-order valence-electron chi connectivity index (χ0n) is 21.5. The van der Waals surface area contributed by atoms with E-state index in [1.165, 1.54) is 0 Å². The SMILES string of the molecule is NCC[C@@H](O)C(=O)N[C@@H]1C(O)[C@H](N)C(O[C@H]2O[C@H](CN)CCC2N)C(O)[C@H]1O[C@H]1OC(CO)[C@@H](O)[C@H](N)C1O. The predicted molar refractivity (Wildman–Crippen MR) is 132 cm³/mol. The van der Waals surface area contributed by atoms with Crippen LogP contribution in [0.1, 0.15) is 19.3 Å². The van der Waals surface area contributed by atoms with Crippen LogP contribution >= 0.6 is 0 Å². The zero-order chi connectivity index (χ0) is 29.0. The standard InChI is InChI=1S/C22H44N6O11/c23-4-3-9(30)20(35)28-13-15(32)12(27)18(38-21-8(25)2-1-7(5-24)36-21)17(34)19(13)39-22-16(33)11(26)14(31)10(6-29)37-22/h7-19,21-22,29-34H,1-6,23-27H2,(H,28,35)/t7-,8?,9+,10?,11-,12-,13+,14+,15?,16?,17?,18?,19-,21+,22+/m0/s1. The maximum atomic E-state index is 12.6. The van der Waals surface area contributed by atoms with Crippen LogP contribution in [-0.2, 0) is 23.7 Å². The summed E-state index contributed by atoms with van der Waals surface area (Å²) in [5, 5.41) is 65.3. The van der Waals surface area contributed by atoms with Gasteiger partial charge in [-0.25, -0.2) is 0 Å². The van der Waals surface area contributed by atoms with Crippen molar-refractivity contribution in [1.82, 2.24) is 5.32 Å². The third-order valence-electron chi connectivity index (χ3n) is 7.50. The Hall–Kier alpha value is -1.13. The number of rotatable bonds is 10. The van der Waals surface area contributed by atoms with Gasteiger partial charge in [0.15, 0.2) is 12.6 Å². The first-order chi connectivity index (χ1) is 18.4. The minimum absolute atomic E-state index is 0.00387. The lowest BCUT2D eigenvalue weighted by Crippen LogP contribution is -2.74. The van der Waals surface area contributed by atoms with Crippen molar-refractivity contribution in [3.63, 3.8) is 0 Å². The van der Waals surface area contributed by atoms with E-state index in [1.54, 1.807) is 0 Å². The molecule has 228 valence electrons. The van der Waals surface area contributed by atoms with Crippen LogP contribution in [0.25, 0.3) is 0 Å². The van der Waals surface area contributed by atoms with Gasteiger partial charge in [-0.05, 0) is 25.8 Å². The summed E-state index contributed by atoms with van der Waals surface area (Å²) in [6.45, 7) is -0.469. The van der Waals surface area contributed by atoms with Gasteiger partial charge in [-0.1, -0.05) is 0 Å². The first kappa shape index (κ1) is 32.4. The van der Waals surface area contributed by atoms with E-state index in [-0.39, 0.29) is 25.6 Å². The molecule has 39 heavy (non-hydrogen) atoms. The Labute approximate surface area is 225 Å². The number of carbonyl (C=O) groups is 1. The van der Waals surface area contributed by atoms with Crippen LogP contribution in [0.2, 0.25) is 0 Å². The molecule has 2 heterocycles. The van der Waals surface area contributed by atoms with Crippen LogP contribution in [-0.4, -0.2) is 148 Å². The lowest BCUT2D eigenvalue weighted by atomic mass is 9.81. The van der Waals surface area contributed by atoms with E-state index in [0.29, 0.717) is 12.8 Å². The maximum Gasteiger partial charge on any atom is 0.249 e. The van der Waals surface area contributed by atoms with Crippen molar-refractivity contribution < 1.29 is 54.4 Å². The highest BCUT2D eigenvalue weighted by atomic mass is 16.7. The number of hydrogen-bond donors (Lipinski definition) is 12. The Morgan fingerprint density at radius 3 is 2.18 bits per heavy atom. The quantitative estimate of drug-likeness (QED) is 0.116. The molecule has 17 nitrogen and oxygen atoms in total. The van der Waals surface area contributed by atoms with E-state index in [0.717, 1.165) is 0 Å². The van der Waals surface area contributed by atoms with Crippen molar-refractivity contribution in [3.05, 3.63) is 0 Å². The molecular formula is C22H44N6O11. The van der Waals surface area contributed by atoms with E-state index >= 15 is 0 Å². The molecule has 0 radical (unpaired) electrons. The fourth-order valence-corrected chi connectivity index (χ4v) is 5.03. The number of carbonyl (C=O) groups excluding carboxylic acids is 1. The number of hydrogen-bond acceptors (Lipinski definition) is 16. The molecule has 2 saturated heterocycles. The smallest absolute Gasteiger partial charge is 0.249 e. The Kier molecular flexibility index (Phi) is 11.8. The van der Waals surface area contributed by atoms with E-state index in [1.807, 2.05) is 0 Å². The third kappa shape index (κ3) is 7.21. The minimum Gasteiger partial charge on any atom is -0.394 e. The number of nitrogens with one attached hydrogen (secondary N) is 1. The van der Waals surface area contributed by atoms with Gasteiger partial charge in [0.05, 0.1) is 43.0 Å². The summed E-state index contributed by atoms with van der Waals surface area (Å²) < 4.78 is 23.0. The first-order valence-corrected chi connectivity index (χ1v) is 13.0. The van der Waals surface area contributed by atoms with Crippen LogP contribution in [0, 0.1) is 0 Å². The summed E-state index contributed by atoms with van der Waals surface area (Å²) in [6, 6.07) is -4.65. The maximum absolute atomic E-state index is 12.6. The fourth-order valence-electron chi connectivity index (χ4n) is 5.03. The number of aliphatic hydroxyl groups excluding tert-OH is 6. The van der Waals surface area contributed by atoms with Gasteiger partial charge in [0.1, 0.15) is 42.7 Å². The van der Waals surface area contributed by atoms with Crippen LogP contribution < -0.4 is 34.0 Å². The van der Waals surface area contributed by atoms with Crippen molar-refractivity contribution in [2.24, 2.45) is 28.7 Å². The van der Waals surface area contributed by atoms with Crippen LogP contribution in [0.15, 0.2) is 0 Å². The van der Waals surface area contributed by atoms with E-state index in [2.05, 4.69) is 5.32 Å². The summed E-state index contributed by atoms with van der Waals surface area (Å²) in [7, 11) is 0. The van der Waals surface area contributed by atoms with Gasteiger partial charge in [-0.2, -0.15) is 0 Å². The van der Waals surface area contributed by atoms with Crippen molar-refractivity contribution in [2.45, 2.75) is 111 Å². The molecule has 1 amide bonds. The fraction of sp³-hybridized carbons (Fsp3) is 0.955. The molecule has 17 N–H and O–H groups in total. The average Bonchev–Trinajstić information content (AvgIpc) is 2.92. The van der Waals surface area contributed by atoms with E-state index in [9.17, 15) is 35.4 Å². The molecular weight excluding hydrogens is 524 g/mol. The van der Waals surface area contributed by atoms with Crippen molar-refractivity contribution in [1.29, 1.82) is 0 Å². The van der Waals surface area contributed by atoms with Gasteiger partial charge in [0, 0.05) is 6.54 Å². The van der Waals surface area contributed by atoms with Crippen LogP contribution in [0.5, 0.6) is 0 Å². The minimum atomic E-state index is -1.68. The third-order valence-corrected chi connectivity index (χ3v) is 7.50. The highest BCUT2D eigenvalue weighted by Crippen LogP contribution is 2.31. The molecule has 2 aliphatic heterocycles. The first-order valence-electron chi connectivity index (χ1n) is 13.0. The second-order valence-electron chi connectivity index (χ2n) is 10.3. The van der Waals surface area contributed by atoms with Gasteiger partial charge < -0.3 is 83.6 Å². The number of amides is 1. The Morgan fingerprint density at radius 1 is 0.897 bits per heavy atom. The lowest BCUT2D eigenvalue weighted by molar-refractivity contribution is -0.319. The Balaban J connectivity index is 1.88. The van der Waals surface area contributed by atoms with Gasteiger partial charge >= 0.3 is 0 Å². The lowest BCUT2D eigenvalue weighted by Gasteiger charge is -2.50. The highest BCUT2D eigenvalue weighted by Gasteiger charge is 2.54. The largest absolute Gasteiger partial charge is 0.394 e. The molecule has 0 aromatic heterocycles. The Morgan fingerprint density at radius 2 is 1.56 bits per heavy atom. The monoisotopic (exact) mass is 568 g/mol. The summed E-state index contributed by atoms with van der Waals surface area (Å²) in [5.41, 5.74) is 29.4. The summed E-state index contributed by atoms with van der Waals surface area (Å²) in [4.78, 5) is 12.6. The number of ether oxygens (including phenoxy) is 4. The molecule has 3 aliphatic rings. The zero-order valence-corrected chi connectivity index (χ0v) is 21.5. The molecule has 17 heteroatoms. The predicted octanol–water partition coefficient (Wildman–Crippen LogP) is -7.43. The van der Waals surface area contributed by atoms with Gasteiger partial charge in [0.25, 0.3) is 0 Å². The molecule has 0 spiro atoms. The summed E-state index contributed by atoms with van der Waals surface area (Å²) in [5.74, 6) is -0.925. The molecule has 0 aromatic rings. The highest BCUT2D eigenvalue weighted by molar-refractivity contribution is 5.81. The normalized spacial score (nSPS) is 46.0. The van der Waals surface area contributed by atoms with Gasteiger partial charge in [0.2, 0.25) is 5.91 Å². The molecule has 6 unspecified atom stereocenters. The molecule has 15 atom stereocenters. The molecule has 0 bridgehead atoms. The number of aliphatic hydroxyl groups is 6. The molecule has 1 saturated carbocycles. The topological polar surface area (TPSA) is 317 Å². The summed E-state index contributed by atoms with van der Waals surface area (Å²) >= 11 is 0. The van der Waals surface area contributed by atoms with Crippen molar-refractivity contribution >= 4 is 5.91 Å².